The third-order valence-electron chi connectivity index (χ3n) is 2.34. The van der Waals surface area contributed by atoms with Crippen LogP contribution in [0.3, 0.4) is 0 Å². The Kier molecular flexibility index (Phi) is 2.05. The second-order valence-corrected chi connectivity index (χ2v) is 3.87. The van der Waals surface area contributed by atoms with Crippen molar-refractivity contribution in [3.8, 4) is 0 Å². The fourth-order valence-corrected chi connectivity index (χ4v) is 1.95. The van der Waals surface area contributed by atoms with Crippen LogP contribution in [0.5, 0.6) is 0 Å². The number of rotatable bonds is 0. The lowest BCUT2D eigenvalue weighted by atomic mass is 9.91. The van der Waals surface area contributed by atoms with Crippen molar-refractivity contribution in [2.75, 3.05) is 0 Å². The molecule has 1 atom stereocenters. The molecule has 2 rings (SSSR count). The predicted molar refractivity (Wildman–Crippen MR) is 48.1 cm³/mol. The first-order valence-electron chi connectivity index (χ1n) is 4.17. The van der Waals surface area contributed by atoms with E-state index >= 15 is 0 Å². The van der Waals surface area contributed by atoms with Crippen LogP contribution in [-0.2, 0) is 12.8 Å². The van der Waals surface area contributed by atoms with Crippen LogP contribution >= 0.6 is 11.6 Å². The van der Waals surface area contributed by atoms with Gasteiger partial charge in [-0.3, -0.25) is 0 Å². The highest BCUT2D eigenvalue weighted by Gasteiger charge is 2.16. The quantitative estimate of drug-likeness (QED) is 0.544. The summed E-state index contributed by atoms with van der Waals surface area (Å²) in [6.07, 6.45) is 2.77. The molecule has 0 spiro atoms. The maximum atomic E-state index is 12.8. The summed E-state index contributed by atoms with van der Waals surface area (Å²) in [7, 11) is 0. The molecule has 12 heavy (non-hydrogen) atoms. The zero-order chi connectivity index (χ0) is 8.55. The van der Waals surface area contributed by atoms with Gasteiger partial charge in [0.25, 0.3) is 0 Å². The number of aryl methyl sites for hydroxylation is 1. The summed E-state index contributed by atoms with van der Waals surface area (Å²) in [6, 6.07) is 4.98. The van der Waals surface area contributed by atoms with Crippen molar-refractivity contribution in [3.63, 3.8) is 0 Å². The van der Waals surface area contributed by atoms with E-state index in [2.05, 4.69) is 0 Å². The first-order valence-corrected chi connectivity index (χ1v) is 4.61. The summed E-state index contributed by atoms with van der Waals surface area (Å²) >= 11 is 5.99. The van der Waals surface area contributed by atoms with Gasteiger partial charge < -0.3 is 0 Å². The number of benzene rings is 1. The highest BCUT2D eigenvalue weighted by atomic mass is 35.5. The molecule has 0 radical (unpaired) electrons. The van der Waals surface area contributed by atoms with Crippen LogP contribution in [0.2, 0.25) is 0 Å². The monoisotopic (exact) mass is 184 g/mol. The molecule has 0 saturated heterocycles. The molecule has 0 bridgehead atoms. The molecule has 0 N–H and O–H groups in total. The molecule has 2 heteroatoms. The Morgan fingerprint density at radius 2 is 2.17 bits per heavy atom. The third-order valence-corrected chi connectivity index (χ3v) is 2.71. The first-order chi connectivity index (χ1) is 5.75. The van der Waals surface area contributed by atoms with Crippen LogP contribution in [0.4, 0.5) is 4.39 Å². The van der Waals surface area contributed by atoms with E-state index in [9.17, 15) is 4.39 Å². The van der Waals surface area contributed by atoms with Crippen molar-refractivity contribution < 1.29 is 4.39 Å². The summed E-state index contributed by atoms with van der Waals surface area (Å²) in [5.74, 6) is -0.137. The lowest BCUT2D eigenvalue weighted by Crippen LogP contribution is -2.13. The second kappa shape index (κ2) is 3.06. The normalized spacial score (nSPS) is 22.0. The maximum Gasteiger partial charge on any atom is 0.123 e. The molecule has 1 aliphatic carbocycles. The van der Waals surface area contributed by atoms with Gasteiger partial charge in [0, 0.05) is 5.38 Å². The largest absolute Gasteiger partial charge is 0.207 e. The third kappa shape index (κ3) is 1.46. The Morgan fingerprint density at radius 1 is 1.33 bits per heavy atom. The molecule has 0 unspecified atom stereocenters. The Morgan fingerprint density at radius 3 is 3.00 bits per heavy atom. The number of alkyl halides is 1. The molecule has 1 aliphatic rings. The Balaban J connectivity index is 2.37. The van der Waals surface area contributed by atoms with Crippen molar-refractivity contribution in [3.05, 3.63) is 35.1 Å². The van der Waals surface area contributed by atoms with Gasteiger partial charge in [0.05, 0.1) is 0 Å². The number of hydrogen-bond donors (Lipinski definition) is 0. The highest BCUT2D eigenvalue weighted by Crippen LogP contribution is 2.24. The van der Waals surface area contributed by atoms with Crippen molar-refractivity contribution >= 4 is 11.6 Å². The van der Waals surface area contributed by atoms with E-state index in [0.717, 1.165) is 24.8 Å². The molecule has 0 nitrogen and oxygen atoms in total. The van der Waals surface area contributed by atoms with E-state index in [1.165, 1.54) is 11.6 Å². The molecular formula is C10H10ClF. The van der Waals surface area contributed by atoms with E-state index in [-0.39, 0.29) is 11.2 Å². The zero-order valence-electron chi connectivity index (χ0n) is 6.69. The smallest absolute Gasteiger partial charge is 0.123 e. The van der Waals surface area contributed by atoms with Crippen molar-refractivity contribution in [2.24, 2.45) is 0 Å². The topological polar surface area (TPSA) is 0 Å². The fourth-order valence-electron chi connectivity index (χ4n) is 1.68. The lowest BCUT2D eigenvalue weighted by molar-refractivity contribution is 0.615. The van der Waals surface area contributed by atoms with E-state index in [1.807, 2.05) is 6.07 Å². The summed E-state index contributed by atoms with van der Waals surface area (Å²) in [6.45, 7) is 0. The van der Waals surface area contributed by atoms with Crippen LogP contribution in [0, 0.1) is 5.82 Å². The fraction of sp³-hybridized carbons (Fsp3) is 0.400. The average molecular weight is 185 g/mol. The number of fused-ring (bicyclic) bond motifs is 1. The van der Waals surface area contributed by atoms with E-state index in [0.29, 0.717) is 0 Å². The number of halogens is 2. The first kappa shape index (κ1) is 8.06. The van der Waals surface area contributed by atoms with Gasteiger partial charge in [-0.25, -0.2) is 4.39 Å². The van der Waals surface area contributed by atoms with Gasteiger partial charge in [-0.15, -0.1) is 11.6 Å². The average Bonchev–Trinajstić information content (AvgIpc) is 2.05. The molecule has 0 aromatic heterocycles. The van der Waals surface area contributed by atoms with Crippen LogP contribution in [0.1, 0.15) is 17.5 Å². The van der Waals surface area contributed by atoms with Gasteiger partial charge in [-0.05, 0) is 42.5 Å². The Hall–Kier alpha value is -0.560. The summed E-state index contributed by atoms with van der Waals surface area (Å²) in [4.78, 5) is 0. The zero-order valence-corrected chi connectivity index (χ0v) is 7.44. The maximum absolute atomic E-state index is 12.8. The van der Waals surface area contributed by atoms with Crippen LogP contribution in [-0.4, -0.2) is 5.38 Å². The van der Waals surface area contributed by atoms with Crippen molar-refractivity contribution in [2.45, 2.75) is 24.6 Å². The van der Waals surface area contributed by atoms with Crippen LogP contribution in [0.25, 0.3) is 0 Å². The van der Waals surface area contributed by atoms with Crippen molar-refractivity contribution in [1.29, 1.82) is 0 Å². The van der Waals surface area contributed by atoms with Crippen LogP contribution in [0.15, 0.2) is 18.2 Å². The minimum Gasteiger partial charge on any atom is -0.207 e. The molecule has 1 aromatic carbocycles. The minimum absolute atomic E-state index is 0.137. The molecule has 0 heterocycles. The highest BCUT2D eigenvalue weighted by molar-refractivity contribution is 6.20. The van der Waals surface area contributed by atoms with Gasteiger partial charge in [0.15, 0.2) is 0 Å². The summed E-state index contributed by atoms with van der Waals surface area (Å²) in [5.41, 5.74) is 2.34. The molecule has 1 aromatic rings. The second-order valence-electron chi connectivity index (χ2n) is 3.25. The minimum atomic E-state index is -0.137. The molecule has 0 amide bonds. The lowest BCUT2D eigenvalue weighted by Gasteiger charge is -2.19. The van der Waals surface area contributed by atoms with E-state index < -0.39 is 0 Å². The van der Waals surface area contributed by atoms with Gasteiger partial charge in [0.2, 0.25) is 0 Å². The van der Waals surface area contributed by atoms with Crippen molar-refractivity contribution in [1.82, 2.24) is 0 Å². The van der Waals surface area contributed by atoms with Gasteiger partial charge >= 0.3 is 0 Å². The molecule has 0 fully saturated rings. The van der Waals surface area contributed by atoms with Gasteiger partial charge in [0.1, 0.15) is 5.82 Å². The summed E-state index contributed by atoms with van der Waals surface area (Å²) < 4.78 is 12.8. The molecule has 0 aliphatic heterocycles. The summed E-state index contributed by atoms with van der Waals surface area (Å²) in [5, 5.41) is 0.239. The van der Waals surface area contributed by atoms with E-state index in [1.54, 1.807) is 6.07 Å². The van der Waals surface area contributed by atoms with E-state index in [4.69, 9.17) is 11.6 Å². The van der Waals surface area contributed by atoms with Gasteiger partial charge in [-0.1, -0.05) is 6.07 Å². The molecular weight excluding hydrogens is 175 g/mol. The standard InChI is InChI=1S/C10H10ClF/c11-9-3-1-8-6-10(12)4-2-7(8)5-9/h2,4,6,9H,1,3,5H2/t9-/m0/s1. The Labute approximate surface area is 76.4 Å². The van der Waals surface area contributed by atoms with Crippen LogP contribution < -0.4 is 0 Å². The Bertz CT molecular complexity index is 296. The SMILES string of the molecule is Fc1ccc2c(c1)CC[C@H](Cl)C2. The molecule has 0 saturated carbocycles. The molecule has 64 valence electrons. The number of hydrogen-bond acceptors (Lipinski definition) is 0. The predicted octanol–water partition coefficient (Wildman–Crippen LogP) is 2.92. The van der Waals surface area contributed by atoms with Gasteiger partial charge in [-0.2, -0.15) is 0 Å².